The summed E-state index contributed by atoms with van der Waals surface area (Å²) in [5.41, 5.74) is 2.76. The van der Waals surface area contributed by atoms with Crippen LogP contribution in [-0.4, -0.2) is 31.4 Å². The van der Waals surface area contributed by atoms with E-state index in [9.17, 15) is 9.18 Å². The molecule has 0 bridgehead atoms. The number of aromatic nitrogens is 4. The van der Waals surface area contributed by atoms with Crippen molar-refractivity contribution in [2.75, 3.05) is 11.1 Å². The van der Waals surface area contributed by atoms with Crippen LogP contribution in [-0.2, 0) is 11.2 Å². The Balaban J connectivity index is 1.26. The van der Waals surface area contributed by atoms with Crippen LogP contribution in [0.15, 0.2) is 76.6 Å². The van der Waals surface area contributed by atoms with Crippen LogP contribution in [0.5, 0.6) is 0 Å². The van der Waals surface area contributed by atoms with Crippen LogP contribution in [0.25, 0.3) is 17.3 Å². The van der Waals surface area contributed by atoms with Gasteiger partial charge in [-0.25, -0.2) is 9.37 Å². The van der Waals surface area contributed by atoms with Crippen LogP contribution in [0.3, 0.4) is 0 Å². The zero-order chi connectivity index (χ0) is 25.1. The zero-order valence-electron chi connectivity index (χ0n) is 18.9. The van der Waals surface area contributed by atoms with Gasteiger partial charge in [-0.05, 0) is 60.5 Å². The third-order valence-corrected chi connectivity index (χ3v) is 7.46. The summed E-state index contributed by atoms with van der Waals surface area (Å²) in [5.74, 6) is 0.462. The number of carbonyl (C=O) groups is 1. The number of hydrogen-bond acceptors (Lipinski definition) is 7. The third kappa shape index (κ3) is 5.51. The molecule has 0 saturated carbocycles. The molecule has 7 nitrogen and oxygen atoms in total. The van der Waals surface area contributed by atoms with Gasteiger partial charge in [-0.1, -0.05) is 35.5 Å². The number of benzene rings is 2. The molecule has 0 aliphatic rings. The van der Waals surface area contributed by atoms with E-state index in [1.165, 1.54) is 41.5 Å². The third-order valence-electron chi connectivity index (χ3n) is 5.21. The van der Waals surface area contributed by atoms with Crippen LogP contribution in [0.1, 0.15) is 16.0 Å². The van der Waals surface area contributed by atoms with Gasteiger partial charge < -0.3 is 9.73 Å². The van der Waals surface area contributed by atoms with Crippen molar-refractivity contribution >= 4 is 45.7 Å². The van der Waals surface area contributed by atoms with Gasteiger partial charge in [0.2, 0.25) is 11.7 Å². The van der Waals surface area contributed by atoms with E-state index >= 15 is 0 Å². The van der Waals surface area contributed by atoms with Gasteiger partial charge in [0.1, 0.15) is 5.82 Å². The number of hydrogen-bond donors (Lipinski definition) is 1. The molecule has 0 spiro atoms. The van der Waals surface area contributed by atoms with Gasteiger partial charge in [0.05, 0.1) is 17.7 Å². The lowest BCUT2D eigenvalue weighted by Crippen LogP contribution is -2.14. The van der Waals surface area contributed by atoms with E-state index in [0.29, 0.717) is 34.0 Å². The molecule has 0 radical (unpaired) electrons. The van der Waals surface area contributed by atoms with Crippen molar-refractivity contribution < 1.29 is 13.6 Å². The first-order valence-electron chi connectivity index (χ1n) is 10.8. The van der Waals surface area contributed by atoms with Crippen LogP contribution in [0, 0.1) is 12.7 Å². The van der Waals surface area contributed by atoms with E-state index in [-0.39, 0.29) is 17.5 Å². The molecular weight excluding hydrogens is 521 g/mol. The van der Waals surface area contributed by atoms with Crippen molar-refractivity contribution in [3.63, 3.8) is 0 Å². The molecule has 0 atom stereocenters. The highest BCUT2D eigenvalue weighted by Gasteiger charge is 2.19. The number of aryl methyl sites for hydroxylation is 1. The number of carbonyl (C=O) groups excluding carboxylic acids is 1. The number of thiazole rings is 1. The van der Waals surface area contributed by atoms with Gasteiger partial charge in [-0.3, -0.25) is 9.36 Å². The number of halogens is 2. The van der Waals surface area contributed by atoms with Crippen LogP contribution < -0.4 is 5.32 Å². The second kappa shape index (κ2) is 10.7. The number of amides is 1. The van der Waals surface area contributed by atoms with Gasteiger partial charge in [-0.15, -0.1) is 21.5 Å². The number of furan rings is 1. The Labute approximate surface area is 219 Å². The SMILES string of the molecule is Cc1ccc(Cc2cnc(NC(=O)CSc3nnc(-c4ccco4)n3-c3ccc(F)cc3)s2)cc1Cl. The molecular formula is C25H19ClFN5O2S2. The Morgan fingerprint density at radius 2 is 2.03 bits per heavy atom. The molecule has 11 heteroatoms. The number of anilines is 1. The number of rotatable bonds is 8. The van der Waals surface area contributed by atoms with Crippen LogP contribution in [0.2, 0.25) is 5.02 Å². The Morgan fingerprint density at radius 1 is 1.19 bits per heavy atom. The standard InChI is InChI=1S/C25H19ClFN5O2S2/c1-15-4-5-16(12-20(15)26)11-19-13-28-24(36-19)29-22(33)14-35-25-31-30-23(21-3-2-10-34-21)32(25)18-8-6-17(27)7-9-18/h2-10,12-13H,11,14H2,1H3,(H,28,29,33). The fraction of sp³-hybridized carbons (Fsp3) is 0.120. The Kier molecular flexibility index (Phi) is 7.17. The van der Waals surface area contributed by atoms with E-state index < -0.39 is 0 Å². The average molecular weight is 540 g/mol. The first kappa shape index (κ1) is 24.2. The molecule has 0 aliphatic heterocycles. The van der Waals surface area contributed by atoms with Gasteiger partial charge in [0, 0.05) is 22.5 Å². The highest BCUT2D eigenvalue weighted by molar-refractivity contribution is 7.99. The summed E-state index contributed by atoms with van der Waals surface area (Å²) in [7, 11) is 0. The molecule has 0 fully saturated rings. The molecule has 5 aromatic rings. The predicted molar refractivity (Wildman–Crippen MR) is 139 cm³/mol. The van der Waals surface area contributed by atoms with E-state index in [4.69, 9.17) is 16.0 Å². The van der Waals surface area contributed by atoms with Crippen molar-refractivity contribution in [2.45, 2.75) is 18.5 Å². The predicted octanol–water partition coefficient (Wildman–Crippen LogP) is 6.41. The van der Waals surface area contributed by atoms with Crippen molar-refractivity contribution in [1.29, 1.82) is 0 Å². The summed E-state index contributed by atoms with van der Waals surface area (Å²) in [6.07, 6.45) is 3.97. The molecule has 2 aromatic carbocycles. The fourth-order valence-corrected chi connectivity index (χ4v) is 5.25. The number of nitrogens with zero attached hydrogens (tertiary/aromatic N) is 4. The quantitative estimate of drug-likeness (QED) is 0.229. The van der Waals surface area contributed by atoms with E-state index in [1.54, 1.807) is 35.0 Å². The zero-order valence-corrected chi connectivity index (χ0v) is 21.3. The minimum atomic E-state index is -0.353. The summed E-state index contributed by atoms with van der Waals surface area (Å²) in [6, 6.07) is 15.4. The summed E-state index contributed by atoms with van der Waals surface area (Å²) in [4.78, 5) is 18.0. The highest BCUT2D eigenvalue weighted by Crippen LogP contribution is 2.29. The van der Waals surface area contributed by atoms with E-state index in [0.717, 1.165) is 21.0 Å². The molecule has 0 aliphatic carbocycles. The Morgan fingerprint density at radius 3 is 2.78 bits per heavy atom. The maximum atomic E-state index is 13.5. The first-order chi connectivity index (χ1) is 17.5. The van der Waals surface area contributed by atoms with Gasteiger partial charge in [0.15, 0.2) is 16.0 Å². The summed E-state index contributed by atoms with van der Waals surface area (Å²) in [6.45, 7) is 1.96. The van der Waals surface area contributed by atoms with Gasteiger partial charge in [-0.2, -0.15) is 0 Å². The molecule has 0 saturated heterocycles. The summed E-state index contributed by atoms with van der Waals surface area (Å²) >= 11 is 8.85. The number of thioether (sulfide) groups is 1. The van der Waals surface area contributed by atoms with Crippen LogP contribution >= 0.6 is 34.7 Å². The Bertz CT molecular complexity index is 1500. The first-order valence-corrected chi connectivity index (χ1v) is 13.0. The Hall–Kier alpha value is -3.47. The minimum Gasteiger partial charge on any atom is -0.461 e. The lowest BCUT2D eigenvalue weighted by atomic mass is 10.1. The molecule has 3 heterocycles. The van der Waals surface area contributed by atoms with E-state index in [1.807, 2.05) is 25.1 Å². The fourth-order valence-electron chi connectivity index (χ4n) is 3.43. The van der Waals surface area contributed by atoms with Gasteiger partial charge in [0.25, 0.3) is 0 Å². The van der Waals surface area contributed by atoms with Gasteiger partial charge >= 0.3 is 0 Å². The monoisotopic (exact) mass is 539 g/mol. The largest absolute Gasteiger partial charge is 0.461 e. The van der Waals surface area contributed by atoms with Crippen LogP contribution in [0.4, 0.5) is 9.52 Å². The maximum absolute atomic E-state index is 13.5. The molecule has 3 aromatic heterocycles. The lowest BCUT2D eigenvalue weighted by molar-refractivity contribution is -0.113. The second-order valence-corrected chi connectivity index (χ2v) is 10.3. The summed E-state index contributed by atoms with van der Waals surface area (Å²) in [5, 5.41) is 13.0. The lowest BCUT2D eigenvalue weighted by Gasteiger charge is -2.09. The topological polar surface area (TPSA) is 85.8 Å². The smallest absolute Gasteiger partial charge is 0.236 e. The van der Waals surface area contributed by atoms with Crippen molar-refractivity contribution in [3.05, 3.63) is 93.9 Å². The molecule has 36 heavy (non-hydrogen) atoms. The molecule has 1 N–H and O–H groups in total. The van der Waals surface area contributed by atoms with Crippen molar-refractivity contribution in [2.24, 2.45) is 0 Å². The highest BCUT2D eigenvalue weighted by atomic mass is 35.5. The molecule has 1 amide bonds. The maximum Gasteiger partial charge on any atom is 0.236 e. The average Bonchev–Trinajstić information content (AvgIpc) is 3.62. The van der Waals surface area contributed by atoms with Crippen molar-refractivity contribution in [1.82, 2.24) is 19.7 Å². The molecule has 0 unspecified atom stereocenters. The second-order valence-electron chi connectivity index (χ2n) is 7.82. The minimum absolute atomic E-state index is 0.0833. The molecule has 5 rings (SSSR count). The summed E-state index contributed by atoms with van der Waals surface area (Å²) < 4.78 is 20.7. The number of nitrogens with one attached hydrogen (secondary N) is 1. The molecule has 182 valence electrons. The van der Waals surface area contributed by atoms with Crippen molar-refractivity contribution in [3.8, 4) is 17.3 Å². The van der Waals surface area contributed by atoms with E-state index in [2.05, 4.69) is 20.5 Å². The normalized spacial score (nSPS) is 11.1.